The summed E-state index contributed by atoms with van der Waals surface area (Å²) in [6.07, 6.45) is 3.08. The monoisotopic (exact) mass is 635 g/mol. The molecule has 230 valence electrons. The molecule has 0 spiro atoms. The van der Waals surface area contributed by atoms with Crippen molar-refractivity contribution in [1.82, 2.24) is 30.9 Å². The molecule has 0 radical (unpaired) electrons. The number of hydrogen-bond acceptors (Lipinski definition) is 10. The topological polar surface area (TPSA) is 150 Å². The fourth-order valence-electron chi connectivity index (χ4n) is 4.96. The Balaban J connectivity index is 1.32. The molecule has 4 aromatic rings. The normalized spacial score (nSPS) is 14.5. The second-order valence-corrected chi connectivity index (χ2v) is 11.5. The summed E-state index contributed by atoms with van der Waals surface area (Å²) in [6.45, 7) is 4.08. The van der Waals surface area contributed by atoms with Gasteiger partial charge in [0, 0.05) is 72.6 Å². The molecule has 0 bridgehead atoms. The first-order chi connectivity index (χ1) is 21.4. The van der Waals surface area contributed by atoms with Gasteiger partial charge in [0.05, 0.1) is 35.8 Å². The Bertz CT molecular complexity index is 1650. The van der Waals surface area contributed by atoms with Gasteiger partial charge in [0.2, 0.25) is 11.8 Å². The number of rotatable bonds is 13. The van der Waals surface area contributed by atoms with Crippen LogP contribution in [0.1, 0.15) is 39.5 Å². The van der Waals surface area contributed by atoms with Gasteiger partial charge in [-0.05, 0) is 37.1 Å². The van der Waals surface area contributed by atoms with E-state index in [9.17, 15) is 9.59 Å². The first kappa shape index (κ1) is 31.5. The highest BCUT2D eigenvalue weighted by Gasteiger charge is 2.21. The number of halogens is 1. The Hall–Kier alpha value is -3.94. The molecule has 5 N–H and O–H groups in total. The highest BCUT2D eigenvalue weighted by Crippen LogP contribution is 2.38. The number of nitrogens with zero attached hydrogens (tertiary/aromatic N) is 3. The number of thiazole rings is 1. The first-order valence-corrected chi connectivity index (χ1v) is 15.5. The van der Waals surface area contributed by atoms with Crippen molar-refractivity contribution in [3.05, 3.63) is 74.8 Å². The number of hydrogen-bond donors (Lipinski definition) is 5. The molecule has 5 rings (SSSR count). The Kier molecular flexibility index (Phi) is 10.5. The molecular formula is C31H34ClN7O4S. The molecule has 4 heterocycles. The van der Waals surface area contributed by atoms with E-state index in [0.717, 1.165) is 28.8 Å². The molecule has 0 unspecified atom stereocenters. The van der Waals surface area contributed by atoms with Crippen LogP contribution in [0.2, 0.25) is 5.02 Å². The minimum Gasteiger partial charge on any atom is -0.481 e. The molecule has 0 saturated carbocycles. The van der Waals surface area contributed by atoms with Gasteiger partial charge in [-0.15, -0.1) is 11.3 Å². The van der Waals surface area contributed by atoms with Gasteiger partial charge >= 0.3 is 0 Å². The number of nitrogens with one attached hydrogen (secondary N) is 4. The summed E-state index contributed by atoms with van der Waals surface area (Å²) < 4.78 is 5.60. The van der Waals surface area contributed by atoms with Crippen LogP contribution in [-0.4, -0.2) is 64.7 Å². The van der Waals surface area contributed by atoms with Crippen molar-refractivity contribution in [3.63, 3.8) is 0 Å². The predicted octanol–water partition coefficient (Wildman–Crippen LogP) is 3.94. The maximum Gasteiger partial charge on any atom is 0.284 e. The molecule has 1 aliphatic heterocycles. The van der Waals surface area contributed by atoms with Crippen LogP contribution in [0.25, 0.3) is 22.5 Å². The molecule has 2 amide bonds. The van der Waals surface area contributed by atoms with Gasteiger partial charge in [0.15, 0.2) is 5.01 Å². The Morgan fingerprint density at radius 1 is 1.16 bits per heavy atom. The highest BCUT2D eigenvalue weighted by atomic mass is 35.5. The maximum atomic E-state index is 13.0. The van der Waals surface area contributed by atoms with Crippen molar-refractivity contribution in [2.45, 2.75) is 38.9 Å². The summed E-state index contributed by atoms with van der Waals surface area (Å²) in [6, 6.07) is 11.4. The van der Waals surface area contributed by atoms with Crippen LogP contribution >= 0.6 is 22.9 Å². The highest BCUT2D eigenvalue weighted by molar-refractivity contribution is 7.11. The standard InChI is InChI=1S/C31H34ClN7O4S/c1-18-22(4-3-5-24(18)38-29(42)31-37-21(17-44-31)16-33-12-13-40)28-27(32)23(10-11-35-28)25-8-6-19(30(39-25)43-2)14-34-15-20-7-9-26(41)36-20/h3-6,8,10-11,17,20,33-34,40H,7,9,12-16H2,1-2H3,(H,36,41)(H,38,42)/t20-/m1/s1. The lowest BCUT2D eigenvalue weighted by Gasteiger charge is -2.15. The van der Waals surface area contributed by atoms with Gasteiger partial charge in [-0.1, -0.05) is 29.8 Å². The zero-order valence-corrected chi connectivity index (χ0v) is 26.0. The molecule has 1 fully saturated rings. The van der Waals surface area contributed by atoms with Crippen molar-refractivity contribution in [1.29, 1.82) is 0 Å². The number of amides is 2. The molecule has 11 nitrogen and oxygen atoms in total. The summed E-state index contributed by atoms with van der Waals surface area (Å²) in [4.78, 5) is 38.2. The maximum absolute atomic E-state index is 13.0. The van der Waals surface area contributed by atoms with E-state index in [1.165, 1.54) is 11.3 Å². The SMILES string of the molecule is COc1nc(-c2ccnc(-c3cccc(NC(=O)c4nc(CNCCO)cs4)c3C)c2Cl)ccc1CNC[C@H]1CCC(=O)N1. The zero-order chi connectivity index (χ0) is 31.1. The van der Waals surface area contributed by atoms with Crippen molar-refractivity contribution >= 4 is 40.4 Å². The van der Waals surface area contributed by atoms with Crippen molar-refractivity contribution in [2.75, 3.05) is 32.1 Å². The summed E-state index contributed by atoms with van der Waals surface area (Å²) in [5.74, 6) is 0.264. The largest absolute Gasteiger partial charge is 0.481 e. The van der Waals surface area contributed by atoms with Crippen molar-refractivity contribution in [3.8, 4) is 28.4 Å². The third kappa shape index (κ3) is 7.40. The van der Waals surface area contributed by atoms with Gasteiger partial charge in [0.25, 0.3) is 5.91 Å². The van der Waals surface area contributed by atoms with Crippen LogP contribution in [0.3, 0.4) is 0 Å². The van der Waals surface area contributed by atoms with E-state index in [4.69, 9.17) is 26.4 Å². The zero-order valence-electron chi connectivity index (χ0n) is 24.4. The number of methoxy groups -OCH3 is 1. The number of ether oxygens (including phenoxy) is 1. The van der Waals surface area contributed by atoms with Crippen LogP contribution in [0.15, 0.2) is 48.0 Å². The number of carbonyl (C=O) groups excluding carboxylic acids is 2. The van der Waals surface area contributed by atoms with Gasteiger partial charge in [-0.2, -0.15) is 0 Å². The number of pyridine rings is 2. The van der Waals surface area contributed by atoms with Crippen LogP contribution in [0.5, 0.6) is 5.88 Å². The number of anilines is 1. The third-order valence-electron chi connectivity index (χ3n) is 7.27. The Morgan fingerprint density at radius 2 is 2.02 bits per heavy atom. The average Bonchev–Trinajstić information content (AvgIpc) is 3.68. The summed E-state index contributed by atoms with van der Waals surface area (Å²) >= 11 is 8.22. The van der Waals surface area contributed by atoms with E-state index in [-0.39, 0.29) is 24.5 Å². The third-order valence-corrected chi connectivity index (χ3v) is 8.54. The fourth-order valence-corrected chi connectivity index (χ4v) is 5.98. The predicted molar refractivity (Wildman–Crippen MR) is 171 cm³/mol. The molecule has 13 heteroatoms. The van der Waals surface area contributed by atoms with Crippen LogP contribution in [-0.2, 0) is 17.9 Å². The molecule has 0 aliphatic carbocycles. The molecule has 1 aliphatic rings. The van der Waals surface area contributed by atoms with Crippen molar-refractivity contribution in [2.24, 2.45) is 0 Å². The summed E-state index contributed by atoms with van der Waals surface area (Å²) in [5, 5.41) is 23.9. The lowest BCUT2D eigenvalue weighted by molar-refractivity contribution is -0.119. The molecular weight excluding hydrogens is 602 g/mol. The molecule has 44 heavy (non-hydrogen) atoms. The quantitative estimate of drug-likeness (QED) is 0.138. The lowest BCUT2D eigenvalue weighted by atomic mass is 10.0. The molecule has 1 atom stereocenters. The second-order valence-electron chi connectivity index (χ2n) is 10.3. The van der Waals surface area contributed by atoms with Gasteiger partial charge in [-0.3, -0.25) is 14.6 Å². The van der Waals surface area contributed by atoms with E-state index in [2.05, 4.69) is 31.2 Å². The average molecular weight is 636 g/mol. The van der Waals surface area contributed by atoms with Crippen LogP contribution in [0, 0.1) is 6.92 Å². The number of aromatic nitrogens is 3. The number of benzene rings is 1. The molecule has 1 aromatic carbocycles. The number of carbonyl (C=O) groups is 2. The van der Waals surface area contributed by atoms with E-state index in [1.807, 2.05) is 48.7 Å². The van der Waals surface area contributed by atoms with E-state index >= 15 is 0 Å². The van der Waals surface area contributed by atoms with E-state index in [0.29, 0.717) is 71.1 Å². The van der Waals surface area contributed by atoms with Crippen molar-refractivity contribution < 1.29 is 19.4 Å². The number of aliphatic hydroxyl groups excluding tert-OH is 1. The van der Waals surface area contributed by atoms with E-state index < -0.39 is 0 Å². The Labute approximate surface area is 264 Å². The minimum atomic E-state index is -0.310. The van der Waals surface area contributed by atoms with Crippen LogP contribution < -0.4 is 26.0 Å². The van der Waals surface area contributed by atoms with Gasteiger partial charge in [0.1, 0.15) is 0 Å². The lowest BCUT2D eigenvalue weighted by Crippen LogP contribution is -2.35. The number of aliphatic hydroxyl groups is 1. The Morgan fingerprint density at radius 3 is 2.80 bits per heavy atom. The summed E-state index contributed by atoms with van der Waals surface area (Å²) in [7, 11) is 1.58. The minimum absolute atomic E-state index is 0.0354. The van der Waals surface area contributed by atoms with Gasteiger partial charge in [-0.25, -0.2) is 9.97 Å². The first-order valence-electron chi connectivity index (χ1n) is 14.2. The molecule has 1 saturated heterocycles. The molecule has 3 aromatic heterocycles. The fraction of sp³-hybridized carbons (Fsp3) is 0.323. The smallest absolute Gasteiger partial charge is 0.284 e. The van der Waals surface area contributed by atoms with Gasteiger partial charge < -0.3 is 31.1 Å². The second kappa shape index (κ2) is 14.7. The van der Waals surface area contributed by atoms with Crippen LogP contribution in [0.4, 0.5) is 5.69 Å². The summed E-state index contributed by atoms with van der Waals surface area (Å²) in [5.41, 5.74) is 5.72. The van der Waals surface area contributed by atoms with E-state index in [1.54, 1.807) is 13.3 Å².